The molecule has 3 rings (SSSR count). The summed E-state index contributed by atoms with van der Waals surface area (Å²) in [6.45, 7) is 3.76. The highest BCUT2D eigenvalue weighted by molar-refractivity contribution is 5.40. The highest BCUT2D eigenvalue weighted by Gasteiger charge is 2.15. The molecule has 4 nitrogen and oxygen atoms in total. The molecule has 1 unspecified atom stereocenters. The summed E-state index contributed by atoms with van der Waals surface area (Å²) in [6, 6.07) is 8.80. The van der Waals surface area contributed by atoms with Crippen molar-refractivity contribution in [3.05, 3.63) is 53.6 Å². The van der Waals surface area contributed by atoms with E-state index in [1.807, 2.05) is 6.07 Å². The van der Waals surface area contributed by atoms with Crippen molar-refractivity contribution in [2.45, 2.75) is 32.4 Å². The summed E-state index contributed by atoms with van der Waals surface area (Å²) in [7, 11) is 0. The topological polar surface area (TPSA) is 47.0 Å². The van der Waals surface area contributed by atoms with E-state index in [1.165, 1.54) is 11.1 Å². The molecule has 1 aliphatic heterocycles. The van der Waals surface area contributed by atoms with Gasteiger partial charge in [-0.2, -0.15) is 0 Å². The fourth-order valence-corrected chi connectivity index (χ4v) is 2.57. The SMILES string of the molecule is CCC(NCc1ccncn1)c1ccc2c(c1)CCO2. The molecule has 0 radical (unpaired) electrons. The van der Waals surface area contributed by atoms with Crippen molar-refractivity contribution in [3.63, 3.8) is 0 Å². The summed E-state index contributed by atoms with van der Waals surface area (Å²) >= 11 is 0. The van der Waals surface area contributed by atoms with Gasteiger partial charge in [0.25, 0.3) is 0 Å². The number of rotatable bonds is 5. The van der Waals surface area contributed by atoms with Crippen LogP contribution in [0.4, 0.5) is 0 Å². The van der Waals surface area contributed by atoms with E-state index in [2.05, 4.69) is 40.4 Å². The molecular formula is C16H19N3O. The Bertz CT molecular complexity index is 571. The van der Waals surface area contributed by atoms with Crippen LogP contribution in [-0.2, 0) is 13.0 Å². The molecule has 0 saturated carbocycles. The quantitative estimate of drug-likeness (QED) is 0.906. The number of nitrogens with one attached hydrogen (secondary N) is 1. The number of benzene rings is 1. The molecule has 1 aromatic carbocycles. The number of ether oxygens (including phenoxy) is 1. The first-order valence-electron chi connectivity index (χ1n) is 7.10. The lowest BCUT2D eigenvalue weighted by Crippen LogP contribution is -2.21. The average molecular weight is 269 g/mol. The van der Waals surface area contributed by atoms with Crippen LogP contribution >= 0.6 is 0 Å². The van der Waals surface area contributed by atoms with E-state index in [0.717, 1.165) is 37.4 Å². The minimum atomic E-state index is 0.343. The first-order chi connectivity index (χ1) is 9.86. The third-order valence-electron chi connectivity index (χ3n) is 3.70. The van der Waals surface area contributed by atoms with Crippen molar-refractivity contribution in [3.8, 4) is 5.75 Å². The standard InChI is InChI=1S/C16H19N3O/c1-2-15(18-10-14-5-7-17-11-19-14)12-3-4-16-13(9-12)6-8-20-16/h3-5,7,9,11,15,18H,2,6,8,10H2,1H3. The third kappa shape index (κ3) is 2.80. The Kier molecular flexibility index (Phi) is 3.92. The van der Waals surface area contributed by atoms with E-state index in [9.17, 15) is 0 Å². The molecule has 104 valence electrons. The molecule has 0 bridgehead atoms. The van der Waals surface area contributed by atoms with Crippen molar-refractivity contribution in [2.24, 2.45) is 0 Å². The first-order valence-corrected chi connectivity index (χ1v) is 7.10. The highest BCUT2D eigenvalue weighted by atomic mass is 16.5. The van der Waals surface area contributed by atoms with Crippen LogP contribution in [0.2, 0.25) is 0 Å². The summed E-state index contributed by atoms with van der Waals surface area (Å²) < 4.78 is 5.56. The van der Waals surface area contributed by atoms with Gasteiger partial charge in [-0.25, -0.2) is 9.97 Å². The smallest absolute Gasteiger partial charge is 0.122 e. The van der Waals surface area contributed by atoms with Gasteiger partial charge in [0.15, 0.2) is 0 Å². The van der Waals surface area contributed by atoms with Gasteiger partial charge in [0.1, 0.15) is 12.1 Å². The predicted molar refractivity (Wildman–Crippen MR) is 77.5 cm³/mol. The van der Waals surface area contributed by atoms with Gasteiger partial charge in [0.2, 0.25) is 0 Å². The third-order valence-corrected chi connectivity index (χ3v) is 3.70. The molecule has 0 amide bonds. The lowest BCUT2D eigenvalue weighted by molar-refractivity contribution is 0.356. The van der Waals surface area contributed by atoms with Crippen molar-refractivity contribution in [1.82, 2.24) is 15.3 Å². The summed E-state index contributed by atoms with van der Waals surface area (Å²) in [4.78, 5) is 8.18. The van der Waals surface area contributed by atoms with Gasteiger partial charge in [-0.3, -0.25) is 0 Å². The van der Waals surface area contributed by atoms with Gasteiger partial charge in [-0.1, -0.05) is 19.1 Å². The molecule has 0 fully saturated rings. The van der Waals surface area contributed by atoms with Gasteiger partial charge in [0, 0.05) is 25.2 Å². The van der Waals surface area contributed by atoms with Crippen molar-refractivity contribution >= 4 is 0 Å². The maximum atomic E-state index is 5.56. The van der Waals surface area contributed by atoms with E-state index in [1.54, 1.807) is 12.5 Å². The first kappa shape index (κ1) is 13.1. The lowest BCUT2D eigenvalue weighted by Gasteiger charge is -2.18. The Morgan fingerprint density at radius 3 is 3.10 bits per heavy atom. The number of hydrogen-bond acceptors (Lipinski definition) is 4. The molecule has 1 aromatic heterocycles. The van der Waals surface area contributed by atoms with Crippen LogP contribution in [0, 0.1) is 0 Å². The maximum absolute atomic E-state index is 5.56. The van der Waals surface area contributed by atoms with Crippen LogP contribution < -0.4 is 10.1 Å². The monoisotopic (exact) mass is 269 g/mol. The second-order valence-corrected chi connectivity index (χ2v) is 5.01. The summed E-state index contributed by atoms with van der Waals surface area (Å²) in [5.41, 5.74) is 3.67. The Morgan fingerprint density at radius 2 is 2.30 bits per heavy atom. The minimum Gasteiger partial charge on any atom is -0.493 e. The molecule has 1 atom stereocenters. The molecule has 0 saturated heterocycles. The van der Waals surface area contributed by atoms with Gasteiger partial charge in [-0.05, 0) is 29.7 Å². The normalized spacial score (nSPS) is 14.7. The van der Waals surface area contributed by atoms with Gasteiger partial charge < -0.3 is 10.1 Å². The number of hydrogen-bond donors (Lipinski definition) is 1. The van der Waals surface area contributed by atoms with Crippen LogP contribution in [0.1, 0.15) is 36.2 Å². The van der Waals surface area contributed by atoms with E-state index < -0.39 is 0 Å². The zero-order valence-corrected chi connectivity index (χ0v) is 11.7. The summed E-state index contributed by atoms with van der Waals surface area (Å²) in [5, 5.41) is 3.56. The van der Waals surface area contributed by atoms with Crippen LogP contribution in [0.5, 0.6) is 5.75 Å². The van der Waals surface area contributed by atoms with Crippen LogP contribution in [-0.4, -0.2) is 16.6 Å². The average Bonchev–Trinajstić information content (AvgIpc) is 2.96. The second kappa shape index (κ2) is 6.01. The molecule has 20 heavy (non-hydrogen) atoms. The zero-order chi connectivity index (χ0) is 13.8. The Balaban J connectivity index is 1.70. The fourth-order valence-electron chi connectivity index (χ4n) is 2.57. The van der Waals surface area contributed by atoms with Gasteiger partial charge in [0.05, 0.1) is 12.3 Å². The maximum Gasteiger partial charge on any atom is 0.122 e. The van der Waals surface area contributed by atoms with Gasteiger partial charge in [-0.15, -0.1) is 0 Å². The van der Waals surface area contributed by atoms with Crippen molar-refractivity contribution in [1.29, 1.82) is 0 Å². The van der Waals surface area contributed by atoms with Gasteiger partial charge >= 0.3 is 0 Å². The molecule has 1 aliphatic rings. The largest absolute Gasteiger partial charge is 0.493 e. The minimum absolute atomic E-state index is 0.343. The predicted octanol–water partition coefficient (Wildman–Crippen LogP) is 2.65. The van der Waals surface area contributed by atoms with E-state index in [0.29, 0.717) is 6.04 Å². The van der Waals surface area contributed by atoms with E-state index >= 15 is 0 Å². The zero-order valence-electron chi connectivity index (χ0n) is 11.7. The molecule has 0 spiro atoms. The molecule has 2 heterocycles. The number of nitrogens with zero attached hydrogens (tertiary/aromatic N) is 2. The molecule has 4 heteroatoms. The van der Waals surface area contributed by atoms with Crippen molar-refractivity contribution < 1.29 is 4.74 Å². The fraction of sp³-hybridized carbons (Fsp3) is 0.375. The Hall–Kier alpha value is -1.94. The number of fused-ring (bicyclic) bond motifs is 1. The summed E-state index contributed by atoms with van der Waals surface area (Å²) in [6.07, 6.45) is 5.43. The molecular weight excluding hydrogens is 250 g/mol. The lowest BCUT2D eigenvalue weighted by atomic mass is 10.0. The van der Waals surface area contributed by atoms with Crippen molar-refractivity contribution in [2.75, 3.05) is 6.61 Å². The molecule has 0 aliphatic carbocycles. The van der Waals surface area contributed by atoms with Crippen LogP contribution in [0.3, 0.4) is 0 Å². The summed E-state index contributed by atoms with van der Waals surface area (Å²) in [5.74, 6) is 1.04. The number of aromatic nitrogens is 2. The molecule has 2 aromatic rings. The van der Waals surface area contributed by atoms with E-state index in [-0.39, 0.29) is 0 Å². The second-order valence-electron chi connectivity index (χ2n) is 5.01. The Labute approximate surface area is 119 Å². The Morgan fingerprint density at radius 1 is 1.35 bits per heavy atom. The van der Waals surface area contributed by atoms with Crippen LogP contribution in [0.15, 0.2) is 36.8 Å². The highest BCUT2D eigenvalue weighted by Crippen LogP contribution is 2.29. The van der Waals surface area contributed by atoms with Crippen LogP contribution in [0.25, 0.3) is 0 Å². The van der Waals surface area contributed by atoms with E-state index in [4.69, 9.17) is 4.74 Å². The molecule has 1 N–H and O–H groups in total.